The lowest BCUT2D eigenvalue weighted by Gasteiger charge is -2.20. The van der Waals surface area contributed by atoms with E-state index in [2.05, 4.69) is 63.8 Å². The Morgan fingerprint density at radius 1 is 1.37 bits per heavy atom. The van der Waals surface area contributed by atoms with Crippen molar-refractivity contribution in [1.82, 2.24) is 5.32 Å². The topological polar surface area (TPSA) is 12.0 Å². The molecule has 1 atom stereocenters. The van der Waals surface area contributed by atoms with E-state index in [1.807, 2.05) is 6.07 Å². The summed E-state index contributed by atoms with van der Waals surface area (Å²) in [5.41, 5.74) is 2.73. The molecule has 0 aliphatic rings. The fourth-order valence-corrected chi connectivity index (χ4v) is 3.74. The summed E-state index contributed by atoms with van der Waals surface area (Å²) in [6, 6.07) is 8.71. The summed E-state index contributed by atoms with van der Waals surface area (Å²) >= 11 is 10.3. The van der Waals surface area contributed by atoms with Gasteiger partial charge in [0.1, 0.15) is 0 Å². The normalized spacial score (nSPS) is 12.6. The molecule has 19 heavy (non-hydrogen) atoms. The summed E-state index contributed by atoms with van der Waals surface area (Å²) in [6.07, 6.45) is 2.20. The molecule has 0 saturated heterocycles. The quantitative estimate of drug-likeness (QED) is 0.644. The third-order valence-electron chi connectivity index (χ3n) is 3.09. The van der Waals surface area contributed by atoms with E-state index in [9.17, 15) is 0 Å². The highest BCUT2D eigenvalue weighted by atomic mass is 127. The van der Waals surface area contributed by atoms with E-state index in [0.717, 1.165) is 24.4 Å². The summed E-state index contributed by atoms with van der Waals surface area (Å²) in [5, 5.41) is 8.75. The van der Waals surface area contributed by atoms with Crippen LogP contribution in [0.25, 0.3) is 0 Å². The molecule has 0 aliphatic carbocycles. The van der Waals surface area contributed by atoms with Crippen LogP contribution in [0.15, 0.2) is 35.0 Å². The van der Waals surface area contributed by atoms with Gasteiger partial charge in [0.2, 0.25) is 0 Å². The number of thiophene rings is 1. The highest BCUT2D eigenvalue weighted by Gasteiger charge is 2.14. The van der Waals surface area contributed by atoms with Gasteiger partial charge in [0, 0.05) is 14.6 Å². The van der Waals surface area contributed by atoms with Gasteiger partial charge in [-0.3, -0.25) is 0 Å². The summed E-state index contributed by atoms with van der Waals surface area (Å²) in [7, 11) is 0. The first-order valence-electron chi connectivity index (χ1n) is 6.40. The Morgan fingerprint density at radius 2 is 2.21 bits per heavy atom. The first kappa shape index (κ1) is 15.3. The van der Waals surface area contributed by atoms with Gasteiger partial charge < -0.3 is 5.32 Å². The highest BCUT2D eigenvalue weighted by Crippen LogP contribution is 2.27. The van der Waals surface area contributed by atoms with Gasteiger partial charge in [0.05, 0.1) is 0 Å². The van der Waals surface area contributed by atoms with Crippen molar-refractivity contribution in [2.24, 2.45) is 0 Å². The van der Waals surface area contributed by atoms with E-state index in [-0.39, 0.29) is 0 Å². The Labute approximate surface area is 137 Å². The molecule has 0 spiro atoms. The van der Waals surface area contributed by atoms with Gasteiger partial charge in [0.25, 0.3) is 0 Å². The standard InChI is InChI=1S/C15H17ClINS/c1-2-18-15(6-3-11-7-8-19-10-11)13-9-12(16)4-5-14(13)17/h4-5,7-10,15,18H,2-3,6H2,1H3. The molecule has 102 valence electrons. The van der Waals surface area contributed by atoms with Crippen molar-refractivity contribution in [3.05, 3.63) is 54.7 Å². The van der Waals surface area contributed by atoms with Crippen LogP contribution in [0, 0.1) is 3.57 Å². The van der Waals surface area contributed by atoms with Crippen LogP contribution in [0.1, 0.15) is 30.5 Å². The smallest absolute Gasteiger partial charge is 0.0410 e. The van der Waals surface area contributed by atoms with E-state index >= 15 is 0 Å². The molecule has 0 fully saturated rings. The Hall–Kier alpha value is -0.100. The number of rotatable bonds is 6. The second kappa shape index (κ2) is 7.62. The van der Waals surface area contributed by atoms with Crippen LogP contribution < -0.4 is 5.32 Å². The SMILES string of the molecule is CCNC(CCc1ccsc1)c1cc(Cl)ccc1I. The molecule has 0 radical (unpaired) electrons. The van der Waals surface area contributed by atoms with Gasteiger partial charge >= 0.3 is 0 Å². The van der Waals surface area contributed by atoms with Gasteiger partial charge in [-0.1, -0.05) is 18.5 Å². The van der Waals surface area contributed by atoms with E-state index in [1.165, 1.54) is 14.7 Å². The molecule has 0 saturated carbocycles. The maximum atomic E-state index is 6.13. The minimum Gasteiger partial charge on any atom is -0.310 e. The lowest BCUT2D eigenvalue weighted by molar-refractivity contribution is 0.514. The first-order valence-corrected chi connectivity index (χ1v) is 8.80. The Kier molecular flexibility index (Phi) is 6.13. The van der Waals surface area contributed by atoms with Gasteiger partial charge in [0.15, 0.2) is 0 Å². The zero-order chi connectivity index (χ0) is 13.7. The molecular weight excluding hydrogens is 389 g/mol. The van der Waals surface area contributed by atoms with Crippen LogP contribution in [-0.2, 0) is 6.42 Å². The number of halogens is 2. The number of hydrogen-bond acceptors (Lipinski definition) is 2. The van der Waals surface area contributed by atoms with Gasteiger partial charge in [-0.15, -0.1) is 0 Å². The molecule has 0 amide bonds. The Balaban J connectivity index is 2.12. The zero-order valence-corrected chi connectivity index (χ0v) is 14.6. The van der Waals surface area contributed by atoms with Crippen molar-refractivity contribution in [2.45, 2.75) is 25.8 Å². The lowest BCUT2D eigenvalue weighted by Crippen LogP contribution is -2.22. The second-order valence-electron chi connectivity index (χ2n) is 4.45. The van der Waals surface area contributed by atoms with Gasteiger partial charge in [-0.25, -0.2) is 0 Å². The maximum absolute atomic E-state index is 6.13. The van der Waals surface area contributed by atoms with E-state index in [1.54, 1.807) is 11.3 Å². The monoisotopic (exact) mass is 405 g/mol. The molecule has 1 heterocycles. The molecular formula is C15H17ClINS. The third-order valence-corrected chi connectivity index (χ3v) is 5.04. The molecule has 4 heteroatoms. The Bertz CT molecular complexity index is 513. The number of aryl methyl sites for hydroxylation is 1. The van der Waals surface area contributed by atoms with Crippen molar-refractivity contribution in [3.8, 4) is 0 Å². The van der Waals surface area contributed by atoms with Gasteiger partial charge in [-0.2, -0.15) is 11.3 Å². The van der Waals surface area contributed by atoms with Crippen molar-refractivity contribution < 1.29 is 0 Å². The minimum absolute atomic E-state index is 0.371. The fourth-order valence-electron chi connectivity index (χ4n) is 2.14. The summed E-state index contributed by atoms with van der Waals surface area (Å²) in [5.74, 6) is 0. The second-order valence-corrected chi connectivity index (χ2v) is 6.83. The van der Waals surface area contributed by atoms with Crippen LogP contribution >= 0.6 is 45.5 Å². The average Bonchev–Trinajstić information content (AvgIpc) is 2.91. The number of hydrogen-bond donors (Lipinski definition) is 1. The van der Waals surface area contributed by atoms with Crippen LogP contribution in [0.2, 0.25) is 5.02 Å². The maximum Gasteiger partial charge on any atom is 0.0410 e. The molecule has 1 N–H and O–H groups in total. The van der Waals surface area contributed by atoms with Crippen LogP contribution in [0.4, 0.5) is 0 Å². The Morgan fingerprint density at radius 3 is 2.89 bits per heavy atom. The summed E-state index contributed by atoms with van der Waals surface area (Å²) in [6.45, 7) is 3.12. The molecule has 2 aromatic rings. The molecule has 1 unspecified atom stereocenters. The predicted octanol–water partition coefficient (Wildman–Crippen LogP) is 5.29. The fraction of sp³-hybridized carbons (Fsp3) is 0.333. The molecule has 1 nitrogen and oxygen atoms in total. The van der Waals surface area contributed by atoms with Crippen molar-refractivity contribution in [1.29, 1.82) is 0 Å². The average molecular weight is 406 g/mol. The lowest BCUT2D eigenvalue weighted by atomic mass is 10.00. The third kappa shape index (κ3) is 4.45. The number of nitrogens with one attached hydrogen (secondary N) is 1. The number of benzene rings is 1. The van der Waals surface area contributed by atoms with Crippen LogP contribution in [0.3, 0.4) is 0 Å². The zero-order valence-electron chi connectivity index (χ0n) is 10.8. The molecule has 0 bridgehead atoms. The minimum atomic E-state index is 0.371. The largest absolute Gasteiger partial charge is 0.310 e. The molecule has 0 aliphatic heterocycles. The van der Waals surface area contributed by atoms with Crippen LogP contribution in [0.5, 0.6) is 0 Å². The van der Waals surface area contributed by atoms with Crippen molar-refractivity contribution in [2.75, 3.05) is 6.54 Å². The molecule has 1 aromatic carbocycles. The van der Waals surface area contributed by atoms with E-state index in [4.69, 9.17) is 11.6 Å². The molecule has 1 aromatic heterocycles. The van der Waals surface area contributed by atoms with E-state index < -0.39 is 0 Å². The van der Waals surface area contributed by atoms with Gasteiger partial charge in [-0.05, 0) is 88.1 Å². The van der Waals surface area contributed by atoms with E-state index in [0.29, 0.717) is 6.04 Å². The first-order chi connectivity index (χ1) is 9.20. The van der Waals surface area contributed by atoms with Crippen molar-refractivity contribution in [3.63, 3.8) is 0 Å². The summed E-state index contributed by atoms with van der Waals surface area (Å²) < 4.78 is 1.28. The molecule has 2 rings (SSSR count). The highest BCUT2D eigenvalue weighted by molar-refractivity contribution is 14.1. The van der Waals surface area contributed by atoms with Crippen LogP contribution in [-0.4, -0.2) is 6.54 Å². The van der Waals surface area contributed by atoms with Crippen molar-refractivity contribution >= 4 is 45.5 Å². The predicted molar refractivity (Wildman–Crippen MR) is 93.2 cm³/mol. The summed E-state index contributed by atoms with van der Waals surface area (Å²) in [4.78, 5) is 0.